The maximum Gasteiger partial charge on any atom is 0.262 e. The molecule has 1 heterocycles. The lowest BCUT2D eigenvalue weighted by Crippen LogP contribution is -2.31. The van der Waals surface area contributed by atoms with Crippen molar-refractivity contribution in [1.82, 2.24) is 14.2 Å². The first kappa shape index (κ1) is 15.8. The molecule has 0 saturated heterocycles. The third-order valence-corrected chi connectivity index (χ3v) is 4.48. The van der Waals surface area contributed by atoms with Crippen molar-refractivity contribution >= 4 is 15.7 Å². The fourth-order valence-corrected chi connectivity index (χ4v) is 2.85. The van der Waals surface area contributed by atoms with Gasteiger partial charge in [0, 0.05) is 19.8 Å². The highest BCUT2D eigenvalue weighted by Gasteiger charge is 2.24. The molecule has 0 aromatic carbocycles. The molecule has 1 aromatic rings. The second-order valence-electron chi connectivity index (χ2n) is 4.48. The molecule has 0 unspecified atom stereocenters. The van der Waals surface area contributed by atoms with Crippen LogP contribution in [-0.4, -0.2) is 56.8 Å². The molecule has 0 atom stereocenters. The topological polar surface area (TPSA) is 91.6 Å². The van der Waals surface area contributed by atoms with E-state index in [1.807, 2.05) is 19.0 Å². The lowest BCUT2D eigenvalue weighted by molar-refractivity contribution is 0.370. The maximum absolute atomic E-state index is 12.3. The van der Waals surface area contributed by atoms with Crippen molar-refractivity contribution in [2.75, 3.05) is 39.7 Å². The van der Waals surface area contributed by atoms with Gasteiger partial charge in [0.2, 0.25) is 0 Å². The Morgan fingerprint density at radius 2 is 2.00 bits per heavy atom. The van der Waals surface area contributed by atoms with E-state index in [0.29, 0.717) is 12.2 Å². The molecule has 0 radical (unpaired) electrons. The molecule has 3 N–H and O–H groups in total. The van der Waals surface area contributed by atoms with Gasteiger partial charge in [0.15, 0.2) is 5.03 Å². The van der Waals surface area contributed by atoms with E-state index < -0.39 is 10.0 Å². The maximum atomic E-state index is 12.3. The van der Waals surface area contributed by atoms with E-state index in [-0.39, 0.29) is 5.03 Å². The second-order valence-corrected chi connectivity index (χ2v) is 6.44. The number of anilines is 1. The lowest BCUT2D eigenvalue weighted by Gasteiger charge is -2.19. The van der Waals surface area contributed by atoms with E-state index in [1.165, 1.54) is 10.5 Å². The van der Waals surface area contributed by atoms with Crippen LogP contribution < -0.4 is 11.3 Å². The predicted molar refractivity (Wildman–Crippen MR) is 75.0 cm³/mol. The summed E-state index contributed by atoms with van der Waals surface area (Å²) in [6.45, 7) is 1.26. The summed E-state index contributed by atoms with van der Waals surface area (Å²) in [5.74, 6) is 5.31. The predicted octanol–water partition coefficient (Wildman–Crippen LogP) is -0.0606. The van der Waals surface area contributed by atoms with E-state index >= 15 is 0 Å². The molecular weight excluding hydrogens is 266 g/mol. The summed E-state index contributed by atoms with van der Waals surface area (Å²) in [5, 5.41) is -0.0511. The average Bonchev–Trinajstić information content (AvgIpc) is 2.38. The molecule has 0 fully saturated rings. The molecule has 108 valence electrons. The summed E-state index contributed by atoms with van der Waals surface area (Å²) in [6, 6.07) is 3.20. The molecule has 0 bridgehead atoms. The quantitative estimate of drug-likeness (QED) is 0.539. The summed E-state index contributed by atoms with van der Waals surface area (Å²) in [5.41, 5.74) is 2.65. The van der Waals surface area contributed by atoms with Gasteiger partial charge in [-0.1, -0.05) is 0 Å². The van der Waals surface area contributed by atoms with E-state index in [2.05, 4.69) is 10.4 Å². The average molecular weight is 287 g/mol. The smallest absolute Gasteiger partial charge is 0.262 e. The minimum Gasteiger partial charge on any atom is -0.321 e. The third kappa shape index (κ3) is 4.13. The normalized spacial score (nSPS) is 12.1. The van der Waals surface area contributed by atoms with Crippen molar-refractivity contribution in [2.24, 2.45) is 5.84 Å². The van der Waals surface area contributed by atoms with E-state index in [9.17, 15) is 8.42 Å². The highest BCUT2D eigenvalue weighted by molar-refractivity contribution is 7.89. The van der Waals surface area contributed by atoms with Crippen molar-refractivity contribution < 1.29 is 8.42 Å². The molecule has 0 aliphatic rings. The number of hydrogen-bond acceptors (Lipinski definition) is 6. The minimum absolute atomic E-state index is 0.0511. The highest BCUT2D eigenvalue weighted by atomic mass is 32.2. The molecule has 0 amide bonds. The third-order valence-electron chi connectivity index (χ3n) is 2.66. The summed E-state index contributed by atoms with van der Waals surface area (Å²) in [7, 11) is 1.82. The number of sulfonamides is 1. The van der Waals surface area contributed by atoms with E-state index in [0.717, 1.165) is 13.0 Å². The molecule has 0 aliphatic heterocycles. The highest BCUT2D eigenvalue weighted by Crippen LogP contribution is 2.20. The number of hydrogen-bond donors (Lipinski definition) is 2. The Hall–Kier alpha value is -1.22. The summed E-state index contributed by atoms with van der Waals surface area (Å²) >= 11 is 0. The van der Waals surface area contributed by atoms with Crippen LogP contribution >= 0.6 is 0 Å². The Morgan fingerprint density at radius 1 is 1.32 bits per heavy atom. The van der Waals surface area contributed by atoms with Gasteiger partial charge >= 0.3 is 0 Å². The molecule has 19 heavy (non-hydrogen) atoms. The van der Waals surface area contributed by atoms with Gasteiger partial charge < -0.3 is 10.3 Å². The number of hydrazine groups is 1. The van der Waals surface area contributed by atoms with Gasteiger partial charge in [0.25, 0.3) is 10.0 Å². The van der Waals surface area contributed by atoms with Crippen molar-refractivity contribution in [3.8, 4) is 0 Å². The standard InChI is InChI=1S/C11H21N5O2S/c1-15(2)8-5-9-16(3)19(17,18)11-10(14-12)6-4-7-13-11/h4,6-7,14H,5,8-9,12H2,1-3H3. The minimum atomic E-state index is -3.62. The first-order valence-corrected chi connectivity index (χ1v) is 7.36. The largest absolute Gasteiger partial charge is 0.321 e. The Labute approximate surface area is 114 Å². The van der Waals surface area contributed by atoms with Crippen LogP contribution in [0.4, 0.5) is 5.69 Å². The molecule has 0 saturated carbocycles. The summed E-state index contributed by atoms with van der Waals surface area (Å²) < 4.78 is 26.0. The zero-order chi connectivity index (χ0) is 14.5. The van der Waals surface area contributed by atoms with Gasteiger partial charge in [0.1, 0.15) is 0 Å². The Balaban J connectivity index is 2.85. The first-order chi connectivity index (χ1) is 8.89. The van der Waals surface area contributed by atoms with Gasteiger partial charge in [-0.25, -0.2) is 13.4 Å². The van der Waals surface area contributed by atoms with Crippen LogP contribution in [0.1, 0.15) is 6.42 Å². The van der Waals surface area contributed by atoms with Gasteiger partial charge in [-0.3, -0.25) is 5.84 Å². The van der Waals surface area contributed by atoms with Crippen LogP contribution in [0.25, 0.3) is 0 Å². The van der Waals surface area contributed by atoms with Gasteiger partial charge in [-0.05, 0) is 39.2 Å². The number of aromatic nitrogens is 1. The molecule has 0 spiro atoms. The molecule has 7 nitrogen and oxygen atoms in total. The molecule has 0 aliphatic carbocycles. The van der Waals surface area contributed by atoms with Gasteiger partial charge in [0.05, 0.1) is 5.69 Å². The SMILES string of the molecule is CN(C)CCCN(C)S(=O)(=O)c1ncccc1NN. The van der Waals surface area contributed by atoms with Crippen LogP contribution in [0.5, 0.6) is 0 Å². The number of nitrogens with one attached hydrogen (secondary N) is 1. The summed E-state index contributed by atoms with van der Waals surface area (Å²) in [4.78, 5) is 5.91. The van der Waals surface area contributed by atoms with E-state index in [4.69, 9.17) is 5.84 Å². The number of rotatable bonds is 7. The van der Waals surface area contributed by atoms with Crippen molar-refractivity contribution in [2.45, 2.75) is 11.4 Å². The molecular formula is C11H21N5O2S. The van der Waals surface area contributed by atoms with Crippen LogP contribution in [0.3, 0.4) is 0 Å². The van der Waals surface area contributed by atoms with Crippen molar-refractivity contribution in [3.05, 3.63) is 18.3 Å². The Kier molecular flexibility index (Phi) is 5.67. The van der Waals surface area contributed by atoms with Gasteiger partial charge in [-0.15, -0.1) is 0 Å². The van der Waals surface area contributed by atoms with E-state index in [1.54, 1.807) is 19.2 Å². The Morgan fingerprint density at radius 3 is 2.58 bits per heavy atom. The van der Waals surface area contributed by atoms with Crippen LogP contribution in [0.15, 0.2) is 23.4 Å². The Bertz CT molecular complexity index is 504. The first-order valence-electron chi connectivity index (χ1n) is 5.92. The number of nitrogens with two attached hydrogens (primary N) is 1. The van der Waals surface area contributed by atoms with Crippen molar-refractivity contribution in [1.29, 1.82) is 0 Å². The number of nitrogens with zero attached hydrogens (tertiary/aromatic N) is 3. The number of pyridine rings is 1. The zero-order valence-corrected chi connectivity index (χ0v) is 12.3. The molecule has 1 rings (SSSR count). The monoisotopic (exact) mass is 287 g/mol. The van der Waals surface area contributed by atoms with Crippen LogP contribution in [-0.2, 0) is 10.0 Å². The fourth-order valence-electron chi connectivity index (χ4n) is 1.58. The van der Waals surface area contributed by atoms with Crippen LogP contribution in [0, 0.1) is 0 Å². The van der Waals surface area contributed by atoms with Crippen LogP contribution in [0.2, 0.25) is 0 Å². The second kappa shape index (κ2) is 6.80. The lowest BCUT2D eigenvalue weighted by atomic mass is 10.4. The molecule has 8 heteroatoms. The summed E-state index contributed by atoms with van der Waals surface area (Å²) in [6.07, 6.45) is 2.18. The number of nitrogen functional groups attached to an aromatic ring is 1. The molecule has 1 aromatic heterocycles. The van der Waals surface area contributed by atoms with Crippen molar-refractivity contribution in [3.63, 3.8) is 0 Å². The van der Waals surface area contributed by atoms with Gasteiger partial charge in [-0.2, -0.15) is 4.31 Å². The fraction of sp³-hybridized carbons (Fsp3) is 0.545. The zero-order valence-electron chi connectivity index (χ0n) is 11.5.